The van der Waals surface area contributed by atoms with Gasteiger partial charge in [-0.1, -0.05) is 15.9 Å². The van der Waals surface area contributed by atoms with Gasteiger partial charge in [0, 0.05) is 4.47 Å². The maximum atomic E-state index is 12.7. The summed E-state index contributed by atoms with van der Waals surface area (Å²) in [6.07, 6.45) is 0. The van der Waals surface area contributed by atoms with E-state index >= 15 is 0 Å². The Morgan fingerprint density at radius 3 is 2.91 bits per heavy atom. The minimum Gasteiger partial charge on any atom is -0.537 e. The molecule has 0 amide bonds. The lowest BCUT2D eigenvalue weighted by molar-refractivity contribution is 0.431. The van der Waals surface area contributed by atoms with Gasteiger partial charge in [0.15, 0.2) is 5.82 Å². The molecule has 0 aliphatic heterocycles. The Labute approximate surface area is 72.4 Å². The fourth-order valence-electron chi connectivity index (χ4n) is 0.657. The van der Waals surface area contributed by atoms with Crippen LogP contribution in [0.15, 0.2) is 22.7 Å². The summed E-state index contributed by atoms with van der Waals surface area (Å²) in [7, 11) is -0.520. The van der Waals surface area contributed by atoms with Crippen LogP contribution in [0.25, 0.3) is 0 Å². The van der Waals surface area contributed by atoms with Crippen molar-refractivity contribution in [2.45, 2.75) is 0 Å². The number of benzene rings is 1. The van der Waals surface area contributed by atoms with Crippen molar-refractivity contribution in [2.75, 3.05) is 0 Å². The maximum absolute atomic E-state index is 12.7. The van der Waals surface area contributed by atoms with Gasteiger partial charge in [0.05, 0.1) is 0 Å². The first-order chi connectivity index (χ1) is 5.24. The predicted molar refractivity (Wildman–Crippen MR) is 44.1 cm³/mol. The number of rotatable bonds is 2. The van der Waals surface area contributed by atoms with E-state index < -0.39 is 13.5 Å². The van der Waals surface area contributed by atoms with Crippen LogP contribution in [0.2, 0.25) is 0 Å². The van der Waals surface area contributed by atoms with Crippen LogP contribution in [0, 0.1) is 5.82 Å². The summed E-state index contributed by atoms with van der Waals surface area (Å²) in [4.78, 5) is 0. The van der Waals surface area contributed by atoms with Crippen molar-refractivity contribution in [3.63, 3.8) is 0 Å². The third-order valence-corrected chi connectivity index (χ3v) is 1.61. The highest BCUT2D eigenvalue weighted by Crippen LogP contribution is 2.21. The molecule has 0 saturated carbocycles. The fraction of sp³-hybridized carbons (Fsp3) is 0. The number of hydrogen-bond acceptors (Lipinski definition) is 2. The standard InChI is InChI=1S/C6H5BBrFO2/c8-4-1-2-5(9)6(3-4)11-7-10/h1-3,7,10H. The van der Waals surface area contributed by atoms with E-state index in [1.807, 2.05) is 0 Å². The lowest BCUT2D eigenvalue weighted by atomic mass is 10.3. The van der Waals surface area contributed by atoms with E-state index in [1.54, 1.807) is 6.07 Å². The molecule has 58 valence electrons. The molecule has 0 saturated heterocycles. The summed E-state index contributed by atoms with van der Waals surface area (Å²) >= 11 is 3.14. The van der Waals surface area contributed by atoms with Crippen LogP contribution in [0.1, 0.15) is 0 Å². The molecule has 0 heterocycles. The van der Waals surface area contributed by atoms with Gasteiger partial charge >= 0.3 is 7.69 Å². The number of halogens is 2. The van der Waals surface area contributed by atoms with E-state index in [2.05, 4.69) is 20.6 Å². The normalized spacial score (nSPS) is 9.36. The highest BCUT2D eigenvalue weighted by molar-refractivity contribution is 9.10. The summed E-state index contributed by atoms with van der Waals surface area (Å²) in [6.45, 7) is 0. The average Bonchev–Trinajstić information content (AvgIpc) is 1.98. The molecule has 0 aliphatic rings. The monoisotopic (exact) mass is 218 g/mol. The fourth-order valence-corrected chi connectivity index (χ4v) is 0.997. The van der Waals surface area contributed by atoms with E-state index in [4.69, 9.17) is 5.02 Å². The molecule has 5 heteroatoms. The maximum Gasteiger partial charge on any atom is 0.504 e. The third kappa shape index (κ3) is 2.20. The van der Waals surface area contributed by atoms with Crippen molar-refractivity contribution in [2.24, 2.45) is 0 Å². The van der Waals surface area contributed by atoms with Crippen LogP contribution >= 0.6 is 15.9 Å². The first-order valence-corrected chi connectivity index (χ1v) is 3.72. The van der Waals surface area contributed by atoms with E-state index in [0.29, 0.717) is 4.47 Å². The summed E-state index contributed by atoms with van der Waals surface area (Å²) < 4.78 is 18.0. The Kier molecular flexibility index (Phi) is 2.90. The van der Waals surface area contributed by atoms with Gasteiger partial charge in [-0.05, 0) is 18.2 Å². The SMILES string of the molecule is OBOc1cc(Br)ccc1F. The largest absolute Gasteiger partial charge is 0.537 e. The van der Waals surface area contributed by atoms with E-state index in [9.17, 15) is 4.39 Å². The van der Waals surface area contributed by atoms with Gasteiger partial charge in [0.1, 0.15) is 5.75 Å². The number of hydrogen-bond donors (Lipinski definition) is 1. The molecule has 1 rings (SSSR count). The Morgan fingerprint density at radius 2 is 2.27 bits per heavy atom. The molecule has 0 aliphatic carbocycles. The minimum atomic E-state index is -0.520. The molecule has 0 bridgehead atoms. The molecule has 1 aromatic carbocycles. The molecular weight excluding hydrogens is 214 g/mol. The lowest BCUT2D eigenvalue weighted by Gasteiger charge is -2.02. The van der Waals surface area contributed by atoms with Crippen molar-refractivity contribution in [3.05, 3.63) is 28.5 Å². The molecule has 1 aromatic rings. The van der Waals surface area contributed by atoms with Gasteiger partial charge in [-0.25, -0.2) is 4.39 Å². The van der Waals surface area contributed by atoms with Crippen LogP contribution < -0.4 is 4.65 Å². The van der Waals surface area contributed by atoms with Crippen molar-refractivity contribution < 1.29 is 14.1 Å². The van der Waals surface area contributed by atoms with Crippen LogP contribution in [0.3, 0.4) is 0 Å². The first-order valence-electron chi connectivity index (χ1n) is 2.93. The Bertz CT molecular complexity index is 256. The highest BCUT2D eigenvalue weighted by atomic mass is 79.9. The molecule has 0 unspecified atom stereocenters. The molecule has 0 atom stereocenters. The van der Waals surface area contributed by atoms with E-state index in [1.165, 1.54) is 12.1 Å². The lowest BCUT2D eigenvalue weighted by Crippen LogP contribution is -2.01. The summed E-state index contributed by atoms with van der Waals surface area (Å²) in [5.41, 5.74) is 0. The molecular formula is C6H5BBrFO2. The molecule has 0 fully saturated rings. The van der Waals surface area contributed by atoms with Crippen molar-refractivity contribution in [1.82, 2.24) is 0 Å². The quantitative estimate of drug-likeness (QED) is 0.757. The topological polar surface area (TPSA) is 29.5 Å². The predicted octanol–water partition coefficient (Wildman–Crippen LogP) is 1.23. The molecule has 0 aromatic heterocycles. The average molecular weight is 219 g/mol. The Balaban J connectivity index is 2.93. The second-order valence-electron chi connectivity index (χ2n) is 1.85. The van der Waals surface area contributed by atoms with Crippen molar-refractivity contribution in [1.29, 1.82) is 0 Å². The summed E-state index contributed by atoms with van der Waals surface area (Å²) in [6, 6.07) is 4.26. The zero-order valence-electron chi connectivity index (χ0n) is 5.55. The highest BCUT2D eigenvalue weighted by Gasteiger charge is 2.02. The minimum absolute atomic E-state index is 0.0434. The summed E-state index contributed by atoms with van der Waals surface area (Å²) in [5, 5.41) is 8.33. The molecule has 0 spiro atoms. The molecule has 1 N–H and O–H groups in total. The second-order valence-corrected chi connectivity index (χ2v) is 2.76. The Hall–Kier alpha value is -0.545. The molecule has 0 radical (unpaired) electrons. The van der Waals surface area contributed by atoms with Gasteiger partial charge in [0.2, 0.25) is 0 Å². The smallest absolute Gasteiger partial charge is 0.504 e. The summed E-state index contributed by atoms with van der Waals surface area (Å²) in [5.74, 6) is -0.441. The van der Waals surface area contributed by atoms with Crippen LogP contribution in [-0.2, 0) is 0 Å². The van der Waals surface area contributed by atoms with E-state index in [0.717, 1.165) is 0 Å². The van der Waals surface area contributed by atoms with Gasteiger partial charge in [-0.2, -0.15) is 0 Å². The van der Waals surface area contributed by atoms with Gasteiger partial charge in [-0.15, -0.1) is 0 Å². The second kappa shape index (κ2) is 3.73. The van der Waals surface area contributed by atoms with Gasteiger partial charge in [-0.3, -0.25) is 0 Å². The third-order valence-electron chi connectivity index (χ3n) is 1.11. The van der Waals surface area contributed by atoms with Crippen LogP contribution in [-0.4, -0.2) is 12.7 Å². The van der Waals surface area contributed by atoms with Gasteiger partial charge in [0.25, 0.3) is 0 Å². The van der Waals surface area contributed by atoms with Crippen molar-refractivity contribution >= 4 is 23.6 Å². The Morgan fingerprint density at radius 1 is 1.55 bits per heavy atom. The van der Waals surface area contributed by atoms with E-state index in [-0.39, 0.29) is 5.75 Å². The van der Waals surface area contributed by atoms with Crippen LogP contribution in [0.4, 0.5) is 4.39 Å². The first kappa shape index (κ1) is 8.55. The van der Waals surface area contributed by atoms with Gasteiger partial charge < -0.3 is 9.68 Å². The zero-order chi connectivity index (χ0) is 8.27. The molecule has 11 heavy (non-hydrogen) atoms. The van der Waals surface area contributed by atoms with Crippen LogP contribution in [0.5, 0.6) is 5.75 Å². The zero-order valence-corrected chi connectivity index (χ0v) is 7.14. The molecule has 2 nitrogen and oxygen atoms in total. The van der Waals surface area contributed by atoms with Crippen molar-refractivity contribution in [3.8, 4) is 5.75 Å².